The van der Waals surface area contributed by atoms with E-state index in [2.05, 4.69) is 9.46 Å². The van der Waals surface area contributed by atoms with Gasteiger partial charge in [-0.2, -0.15) is 0 Å². The molecule has 0 fully saturated rings. The summed E-state index contributed by atoms with van der Waals surface area (Å²) in [6.45, 7) is 0. The minimum Gasteiger partial charge on any atom is -0.466 e. The van der Waals surface area contributed by atoms with Crippen molar-refractivity contribution in [3.63, 3.8) is 0 Å². The van der Waals surface area contributed by atoms with Crippen LogP contribution in [0.5, 0.6) is 0 Å². The number of rotatable bonds is 6. The second kappa shape index (κ2) is 8.54. The van der Waals surface area contributed by atoms with Crippen LogP contribution in [0.3, 0.4) is 0 Å². The van der Waals surface area contributed by atoms with E-state index in [1.165, 1.54) is 19.3 Å². The van der Waals surface area contributed by atoms with E-state index in [4.69, 9.17) is 0 Å². The molecule has 3 rings (SSSR count). The van der Waals surface area contributed by atoms with Gasteiger partial charge < -0.3 is 4.74 Å². The molecule has 0 bridgehead atoms. The number of hydrogen-bond acceptors (Lipinski definition) is 4. The molecule has 28 heavy (non-hydrogen) atoms. The van der Waals surface area contributed by atoms with Gasteiger partial charge in [-0.3, -0.25) is 4.72 Å². The molecule has 3 aromatic rings. The molecular weight excluding hydrogens is 374 g/mol. The average Bonchev–Trinajstić information content (AvgIpc) is 2.73. The summed E-state index contributed by atoms with van der Waals surface area (Å²) >= 11 is 0. The second-order valence-electron chi connectivity index (χ2n) is 5.95. The minimum absolute atomic E-state index is 0.0675. The third kappa shape index (κ3) is 4.66. The Hall–Kier alpha value is -3.38. The molecule has 0 spiro atoms. The number of methoxy groups -OCH3 is 1. The zero-order valence-corrected chi connectivity index (χ0v) is 16.0. The third-order valence-electron chi connectivity index (χ3n) is 4.04. The van der Waals surface area contributed by atoms with Gasteiger partial charge in [0.15, 0.2) is 0 Å². The summed E-state index contributed by atoms with van der Waals surface area (Å²) in [6.07, 6.45) is 2.62. The van der Waals surface area contributed by atoms with Gasteiger partial charge in [0, 0.05) is 11.8 Å². The fraction of sp³-hybridized carbons (Fsp3) is 0.0455. The number of esters is 1. The topological polar surface area (TPSA) is 72.5 Å². The zero-order chi connectivity index (χ0) is 20.0. The number of carbonyl (C=O) groups is 1. The molecule has 0 aliphatic heterocycles. The Morgan fingerprint density at radius 2 is 1.54 bits per heavy atom. The highest BCUT2D eigenvalue weighted by molar-refractivity contribution is 7.92. The molecule has 5 nitrogen and oxygen atoms in total. The predicted molar refractivity (Wildman–Crippen MR) is 110 cm³/mol. The number of para-hydroxylation sites is 1. The van der Waals surface area contributed by atoms with Crippen molar-refractivity contribution in [3.8, 4) is 11.1 Å². The average molecular weight is 393 g/mol. The number of benzene rings is 3. The lowest BCUT2D eigenvalue weighted by Gasteiger charge is -2.13. The summed E-state index contributed by atoms with van der Waals surface area (Å²) in [5, 5.41) is 0. The Kier molecular flexibility index (Phi) is 5.91. The van der Waals surface area contributed by atoms with E-state index in [0.717, 1.165) is 11.1 Å². The van der Waals surface area contributed by atoms with Gasteiger partial charge in [0.2, 0.25) is 0 Å². The standard InChI is InChI=1S/C22H19NO4S/c1-27-22(24)15-14-18-12-13-19(17-8-4-2-5-9-17)16-21(18)28(25,26)23-20-10-6-3-7-11-20/h2-16,23H,1H3. The van der Waals surface area contributed by atoms with Crippen molar-refractivity contribution in [1.82, 2.24) is 0 Å². The number of nitrogens with one attached hydrogen (secondary N) is 1. The summed E-state index contributed by atoms with van der Waals surface area (Å²) in [5.41, 5.74) is 2.48. The van der Waals surface area contributed by atoms with E-state index >= 15 is 0 Å². The van der Waals surface area contributed by atoms with Gasteiger partial charge in [0.1, 0.15) is 0 Å². The fourth-order valence-electron chi connectivity index (χ4n) is 2.66. The number of hydrogen-bond donors (Lipinski definition) is 1. The predicted octanol–water partition coefficient (Wildman–Crippen LogP) is 4.34. The van der Waals surface area contributed by atoms with E-state index in [9.17, 15) is 13.2 Å². The first-order valence-electron chi connectivity index (χ1n) is 8.53. The highest BCUT2D eigenvalue weighted by atomic mass is 32.2. The molecule has 0 radical (unpaired) electrons. The molecule has 0 atom stereocenters. The molecule has 1 N–H and O–H groups in total. The van der Waals surface area contributed by atoms with Crippen molar-refractivity contribution in [3.05, 3.63) is 90.5 Å². The molecule has 0 saturated carbocycles. The molecule has 3 aromatic carbocycles. The maximum Gasteiger partial charge on any atom is 0.330 e. The molecule has 0 saturated heterocycles. The van der Waals surface area contributed by atoms with Crippen LogP contribution in [0.15, 0.2) is 89.8 Å². The molecule has 0 aliphatic rings. The van der Waals surface area contributed by atoms with E-state index in [0.29, 0.717) is 11.3 Å². The number of anilines is 1. The summed E-state index contributed by atoms with van der Waals surface area (Å²) in [6, 6.07) is 23.2. The molecule has 142 valence electrons. The normalized spacial score (nSPS) is 11.3. The smallest absolute Gasteiger partial charge is 0.330 e. The molecule has 0 amide bonds. The Morgan fingerprint density at radius 3 is 2.18 bits per heavy atom. The highest BCUT2D eigenvalue weighted by Gasteiger charge is 2.19. The summed E-state index contributed by atoms with van der Waals surface area (Å²) in [7, 11) is -2.62. The zero-order valence-electron chi connectivity index (χ0n) is 15.2. The minimum atomic E-state index is -3.88. The van der Waals surface area contributed by atoms with Crippen molar-refractivity contribution < 1.29 is 17.9 Å². The second-order valence-corrected chi connectivity index (χ2v) is 7.60. The molecule has 0 unspecified atom stereocenters. The van der Waals surface area contributed by atoms with Crippen LogP contribution in [-0.2, 0) is 19.6 Å². The number of sulfonamides is 1. The monoisotopic (exact) mass is 393 g/mol. The van der Waals surface area contributed by atoms with Gasteiger partial charge in [0.05, 0.1) is 12.0 Å². The number of ether oxygens (including phenoxy) is 1. The van der Waals surface area contributed by atoms with Gasteiger partial charge in [-0.15, -0.1) is 0 Å². The van der Waals surface area contributed by atoms with Crippen LogP contribution in [0, 0.1) is 0 Å². The summed E-state index contributed by atoms with van der Waals surface area (Å²) in [5.74, 6) is -0.563. The Labute approximate surface area is 164 Å². The molecule has 6 heteroatoms. The highest BCUT2D eigenvalue weighted by Crippen LogP contribution is 2.27. The third-order valence-corrected chi connectivity index (χ3v) is 5.47. The summed E-state index contributed by atoms with van der Waals surface area (Å²) < 4.78 is 33.3. The van der Waals surface area contributed by atoms with Crippen LogP contribution < -0.4 is 4.72 Å². The maximum absolute atomic E-state index is 13.1. The SMILES string of the molecule is COC(=O)C=Cc1ccc(-c2ccccc2)cc1S(=O)(=O)Nc1ccccc1. The van der Waals surface area contributed by atoms with Crippen LogP contribution in [0.25, 0.3) is 17.2 Å². The first-order valence-corrected chi connectivity index (χ1v) is 10.0. The van der Waals surface area contributed by atoms with Gasteiger partial charge in [0.25, 0.3) is 10.0 Å². The van der Waals surface area contributed by atoms with Crippen LogP contribution in [0.4, 0.5) is 5.69 Å². The van der Waals surface area contributed by atoms with Crippen molar-refractivity contribution in [2.75, 3.05) is 11.8 Å². The van der Waals surface area contributed by atoms with E-state index in [1.807, 2.05) is 36.4 Å². The first-order chi connectivity index (χ1) is 13.5. The Morgan fingerprint density at radius 1 is 0.893 bits per heavy atom. The molecule has 0 aromatic heterocycles. The van der Waals surface area contributed by atoms with Crippen LogP contribution in [0.1, 0.15) is 5.56 Å². The number of carbonyl (C=O) groups excluding carboxylic acids is 1. The maximum atomic E-state index is 13.1. The largest absolute Gasteiger partial charge is 0.466 e. The Bertz CT molecular complexity index is 1090. The van der Waals surface area contributed by atoms with Crippen molar-refractivity contribution in [1.29, 1.82) is 0 Å². The lowest BCUT2D eigenvalue weighted by Crippen LogP contribution is -2.14. The van der Waals surface area contributed by atoms with E-state index in [1.54, 1.807) is 42.5 Å². The van der Waals surface area contributed by atoms with Crippen LogP contribution >= 0.6 is 0 Å². The summed E-state index contributed by atoms with van der Waals surface area (Å²) in [4.78, 5) is 11.5. The lowest BCUT2D eigenvalue weighted by atomic mass is 10.0. The van der Waals surface area contributed by atoms with Gasteiger partial charge in [-0.25, -0.2) is 13.2 Å². The van der Waals surface area contributed by atoms with Crippen molar-refractivity contribution in [2.24, 2.45) is 0 Å². The van der Waals surface area contributed by atoms with Gasteiger partial charge in [-0.05, 0) is 41.0 Å². The molecular formula is C22H19NO4S. The van der Waals surface area contributed by atoms with Crippen LogP contribution in [-0.4, -0.2) is 21.5 Å². The van der Waals surface area contributed by atoms with Gasteiger partial charge >= 0.3 is 5.97 Å². The quantitative estimate of drug-likeness (QED) is 0.499. The van der Waals surface area contributed by atoms with Gasteiger partial charge in [-0.1, -0.05) is 60.7 Å². The molecule has 0 aliphatic carbocycles. The Balaban J connectivity index is 2.08. The fourth-order valence-corrected chi connectivity index (χ4v) is 3.94. The molecule has 0 heterocycles. The van der Waals surface area contributed by atoms with E-state index in [-0.39, 0.29) is 4.90 Å². The first kappa shape index (κ1) is 19.4. The van der Waals surface area contributed by atoms with E-state index < -0.39 is 16.0 Å². The lowest BCUT2D eigenvalue weighted by molar-refractivity contribution is -0.134. The van der Waals surface area contributed by atoms with Crippen LogP contribution in [0.2, 0.25) is 0 Å². The van der Waals surface area contributed by atoms with Crippen molar-refractivity contribution in [2.45, 2.75) is 4.90 Å². The van der Waals surface area contributed by atoms with Crippen molar-refractivity contribution >= 4 is 27.8 Å².